The summed E-state index contributed by atoms with van der Waals surface area (Å²) in [7, 11) is 0. The minimum Gasteiger partial charge on any atom is -0.352 e. The maximum Gasteiger partial charge on any atom is 0.282 e. The average Bonchev–Trinajstić information content (AvgIpc) is 2.79. The van der Waals surface area contributed by atoms with Crippen LogP contribution in [0.25, 0.3) is 0 Å². The molecular formula is C24H35F2N5O. The molecule has 1 aliphatic rings. The Morgan fingerprint density at radius 2 is 1.94 bits per heavy atom. The van der Waals surface area contributed by atoms with Crippen LogP contribution >= 0.6 is 0 Å². The van der Waals surface area contributed by atoms with E-state index in [4.69, 9.17) is 0 Å². The van der Waals surface area contributed by atoms with E-state index in [0.717, 1.165) is 0 Å². The molecule has 0 spiro atoms. The number of hydrogen-bond donors (Lipinski definition) is 1. The van der Waals surface area contributed by atoms with Gasteiger partial charge in [-0.25, -0.2) is 13.8 Å². The molecule has 0 bridgehead atoms. The van der Waals surface area contributed by atoms with Gasteiger partial charge in [0.2, 0.25) is 0 Å². The zero-order valence-electron chi connectivity index (χ0n) is 19.4. The van der Waals surface area contributed by atoms with Gasteiger partial charge >= 0.3 is 0 Å². The van der Waals surface area contributed by atoms with Gasteiger partial charge in [-0.1, -0.05) is 40.0 Å². The molecule has 1 fully saturated rings. The Kier molecular flexibility index (Phi) is 8.69. The molecule has 1 amide bonds. The molecule has 32 heavy (non-hydrogen) atoms. The molecule has 1 N–H and O–H groups in total. The summed E-state index contributed by atoms with van der Waals surface area (Å²) in [6.07, 6.45) is 5.39. The summed E-state index contributed by atoms with van der Waals surface area (Å²) < 4.78 is 28.4. The second-order valence-corrected chi connectivity index (χ2v) is 8.03. The maximum atomic E-state index is 15.2. The van der Waals surface area contributed by atoms with Crippen LogP contribution < -0.4 is 5.32 Å². The van der Waals surface area contributed by atoms with Crippen molar-refractivity contribution in [1.29, 1.82) is 0 Å². The average molecular weight is 448 g/mol. The lowest BCUT2D eigenvalue weighted by atomic mass is 9.86. The molecular weight excluding hydrogens is 412 g/mol. The van der Waals surface area contributed by atoms with E-state index in [1.54, 1.807) is 30.6 Å². The lowest BCUT2D eigenvalue weighted by Gasteiger charge is -2.36. The van der Waals surface area contributed by atoms with Gasteiger partial charge in [-0.15, -0.1) is 0 Å². The highest BCUT2D eigenvalue weighted by molar-refractivity contribution is 6.00. The van der Waals surface area contributed by atoms with Crippen molar-refractivity contribution in [3.8, 4) is 0 Å². The largest absolute Gasteiger partial charge is 0.352 e. The number of halogens is 2. The molecule has 1 aromatic heterocycles. The van der Waals surface area contributed by atoms with Crippen LogP contribution in [-0.4, -0.2) is 52.7 Å². The lowest BCUT2D eigenvalue weighted by molar-refractivity contribution is -0.129. The Hall–Kier alpha value is -3.03. The van der Waals surface area contributed by atoms with Crippen LogP contribution in [0.5, 0.6) is 0 Å². The minimum absolute atomic E-state index is 0. The predicted molar refractivity (Wildman–Crippen MR) is 128 cm³/mol. The van der Waals surface area contributed by atoms with Gasteiger partial charge in [0.15, 0.2) is 17.3 Å². The molecule has 0 aliphatic carbocycles. The molecule has 1 aliphatic heterocycles. The van der Waals surface area contributed by atoms with Crippen molar-refractivity contribution in [3.63, 3.8) is 0 Å². The fourth-order valence-corrected chi connectivity index (χ4v) is 3.62. The number of piperazine rings is 1. The number of hydrogen-bond acceptors (Lipinski definition) is 4. The van der Waals surface area contributed by atoms with Gasteiger partial charge in [0.25, 0.3) is 5.91 Å². The second-order valence-electron chi connectivity index (χ2n) is 8.03. The van der Waals surface area contributed by atoms with E-state index in [1.165, 1.54) is 4.90 Å². The Balaban J connectivity index is 0.00000544. The normalized spacial score (nSPS) is 16.9. The molecule has 0 radical (unpaired) electrons. The summed E-state index contributed by atoms with van der Waals surface area (Å²) in [5.74, 6) is -1.22. The maximum absolute atomic E-state index is 15.2. The number of amidine groups is 1. The van der Waals surface area contributed by atoms with Crippen molar-refractivity contribution in [2.24, 2.45) is 10.9 Å². The van der Waals surface area contributed by atoms with Crippen molar-refractivity contribution in [1.82, 2.24) is 14.8 Å². The van der Waals surface area contributed by atoms with E-state index >= 15 is 4.39 Å². The van der Waals surface area contributed by atoms with E-state index in [1.807, 2.05) is 32.6 Å². The summed E-state index contributed by atoms with van der Waals surface area (Å²) >= 11 is 0. The van der Waals surface area contributed by atoms with Crippen LogP contribution in [-0.2, 0) is 10.5 Å². The fraction of sp³-hybridized carbons (Fsp3) is 0.458. The molecule has 2 heterocycles. The highest BCUT2D eigenvalue weighted by Crippen LogP contribution is 2.36. The van der Waals surface area contributed by atoms with Crippen LogP contribution in [0.4, 0.5) is 14.5 Å². The number of allylic oxidation sites excluding steroid dienone is 1. The predicted octanol–water partition coefficient (Wildman–Crippen LogP) is 5.04. The first kappa shape index (κ1) is 25.2. The van der Waals surface area contributed by atoms with Gasteiger partial charge in [-0.3, -0.25) is 9.78 Å². The first-order valence-electron chi connectivity index (χ1n) is 10.8. The molecule has 176 valence electrons. The third kappa shape index (κ3) is 5.81. The van der Waals surface area contributed by atoms with Gasteiger partial charge in [0.1, 0.15) is 0 Å². The molecule has 6 nitrogen and oxygen atoms in total. The van der Waals surface area contributed by atoms with E-state index in [0.29, 0.717) is 55.5 Å². The van der Waals surface area contributed by atoms with E-state index in [9.17, 15) is 9.18 Å². The van der Waals surface area contributed by atoms with Gasteiger partial charge in [0.05, 0.1) is 23.3 Å². The van der Waals surface area contributed by atoms with E-state index in [-0.39, 0.29) is 7.34 Å². The van der Waals surface area contributed by atoms with Crippen molar-refractivity contribution in [2.45, 2.75) is 39.8 Å². The van der Waals surface area contributed by atoms with Crippen LogP contribution in [0.1, 0.15) is 41.2 Å². The third-order valence-corrected chi connectivity index (χ3v) is 5.63. The number of alkyl halides is 1. The first-order chi connectivity index (χ1) is 15.1. The lowest BCUT2D eigenvalue weighted by Crippen LogP contribution is -2.51. The molecule has 1 aromatic rings. The summed E-state index contributed by atoms with van der Waals surface area (Å²) in [6, 6.07) is 3.46. The number of rotatable bonds is 8. The molecule has 0 saturated carbocycles. The monoisotopic (exact) mass is 447 g/mol. The van der Waals surface area contributed by atoms with Crippen molar-refractivity contribution < 1.29 is 15.0 Å². The Morgan fingerprint density at radius 3 is 2.41 bits per heavy atom. The number of anilines is 1. The van der Waals surface area contributed by atoms with Crippen molar-refractivity contribution in [2.75, 3.05) is 31.5 Å². The molecule has 0 aromatic carbocycles. The summed E-state index contributed by atoms with van der Waals surface area (Å²) in [4.78, 5) is 24.0. The number of carbonyl (C=O) groups is 1. The molecule has 8 heteroatoms. The topological polar surface area (TPSA) is 60.8 Å². The second kappa shape index (κ2) is 11.0. The van der Waals surface area contributed by atoms with Gasteiger partial charge in [-0.2, -0.15) is 0 Å². The number of pyridine rings is 1. The minimum atomic E-state index is -1.48. The number of nitrogens with one attached hydrogen (secondary N) is 1. The third-order valence-electron chi connectivity index (χ3n) is 5.63. The zero-order chi connectivity index (χ0) is 23.9. The van der Waals surface area contributed by atoms with Crippen LogP contribution in [0.15, 0.2) is 60.3 Å². The Labute approximate surface area is 190 Å². The number of nitrogens with zero attached hydrogens (tertiary/aromatic N) is 4. The Bertz CT molecular complexity index is 893. The number of aromatic nitrogens is 1. The zero-order valence-corrected chi connectivity index (χ0v) is 19.4. The van der Waals surface area contributed by atoms with E-state index < -0.39 is 17.4 Å². The van der Waals surface area contributed by atoms with E-state index in [2.05, 4.69) is 28.5 Å². The smallest absolute Gasteiger partial charge is 0.282 e. The SMILES string of the molecule is C=C(F)C(=O)N1CCN(C(=N/C=C\C)C(=C)Nc2ccc(C(F)(CC)C(C)C)nc2)CC1.[HH]. The summed E-state index contributed by atoms with van der Waals surface area (Å²) in [6.45, 7) is 16.2. The number of carbonyl (C=O) groups excluding carboxylic acids is 1. The standard InChI is InChI=1S/C24H33F2N5O.H2/c1-7-11-27-22(30-12-14-31(15-13-30)23(32)18(5)25)19(6)29-20-9-10-21(28-16-20)24(26,8-2)17(3)4;/h7,9-11,16-17,29H,5-6,8,12-15H2,1-4H3;1H/b11-7-,27-22?;. The Morgan fingerprint density at radius 1 is 1.31 bits per heavy atom. The van der Waals surface area contributed by atoms with Crippen molar-refractivity contribution >= 4 is 17.4 Å². The van der Waals surface area contributed by atoms with Gasteiger partial charge in [0, 0.05) is 33.8 Å². The molecule has 1 saturated heterocycles. The number of aliphatic imine (C=N–C) groups is 1. The fourth-order valence-electron chi connectivity index (χ4n) is 3.62. The first-order valence-corrected chi connectivity index (χ1v) is 10.8. The van der Waals surface area contributed by atoms with Gasteiger partial charge < -0.3 is 15.1 Å². The van der Waals surface area contributed by atoms with Crippen LogP contribution in [0.3, 0.4) is 0 Å². The highest BCUT2D eigenvalue weighted by atomic mass is 19.1. The number of amides is 1. The van der Waals surface area contributed by atoms with Crippen LogP contribution in [0, 0.1) is 5.92 Å². The molecule has 1 unspecified atom stereocenters. The summed E-state index contributed by atoms with van der Waals surface area (Å²) in [5.41, 5.74) is 0.134. The van der Waals surface area contributed by atoms with Crippen molar-refractivity contribution in [3.05, 3.63) is 61.0 Å². The quantitative estimate of drug-likeness (QED) is 0.344. The molecule has 2 rings (SSSR count). The van der Waals surface area contributed by atoms with Gasteiger partial charge in [-0.05, 0) is 31.4 Å². The summed E-state index contributed by atoms with van der Waals surface area (Å²) in [5, 5.41) is 3.19. The van der Waals surface area contributed by atoms with Crippen LogP contribution in [0.2, 0.25) is 0 Å². The molecule has 1 atom stereocenters. The highest BCUT2D eigenvalue weighted by Gasteiger charge is 2.35.